The minimum Gasteiger partial charge on any atom is -0.484 e. The van der Waals surface area contributed by atoms with Crippen molar-refractivity contribution in [3.63, 3.8) is 0 Å². The van der Waals surface area contributed by atoms with Crippen molar-refractivity contribution in [2.45, 2.75) is 6.54 Å². The maximum atomic E-state index is 14.7. The first-order valence-electron chi connectivity index (χ1n) is 12.0. The Hall–Kier alpha value is -4.72. The van der Waals surface area contributed by atoms with Gasteiger partial charge in [0.2, 0.25) is 11.8 Å². The molecular formula is C24H25FN10O3. The molecule has 38 heavy (non-hydrogen) atoms. The number of aromatic nitrogens is 6. The van der Waals surface area contributed by atoms with Crippen LogP contribution in [0.5, 0.6) is 5.75 Å². The third kappa shape index (κ3) is 4.45. The number of nitrogen functional groups attached to an aromatic ring is 1. The number of halogens is 1. The lowest BCUT2D eigenvalue weighted by molar-refractivity contribution is -0.119. The van der Waals surface area contributed by atoms with Crippen LogP contribution in [0, 0.1) is 5.82 Å². The molecule has 13 nitrogen and oxygen atoms in total. The highest BCUT2D eigenvalue weighted by Gasteiger charge is 2.21. The van der Waals surface area contributed by atoms with E-state index in [4.69, 9.17) is 20.6 Å². The molecule has 0 aliphatic carbocycles. The molecule has 4 aromatic heterocycles. The third-order valence-corrected chi connectivity index (χ3v) is 6.48. The molecule has 0 spiro atoms. The van der Waals surface area contributed by atoms with Crippen molar-refractivity contribution in [1.29, 1.82) is 0 Å². The molecule has 5 heterocycles. The van der Waals surface area contributed by atoms with Gasteiger partial charge in [-0.05, 0) is 24.3 Å². The summed E-state index contributed by atoms with van der Waals surface area (Å²) < 4.78 is 28.7. The molecule has 5 aromatic rings. The van der Waals surface area contributed by atoms with E-state index in [1.54, 1.807) is 36.9 Å². The lowest BCUT2D eigenvalue weighted by Crippen LogP contribution is -2.47. The molecule has 1 amide bonds. The van der Waals surface area contributed by atoms with Crippen LogP contribution in [0.2, 0.25) is 0 Å². The van der Waals surface area contributed by atoms with Gasteiger partial charge in [-0.2, -0.15) is 9.50 Å². The summed E-state index contributed by atoms with van der Waals surface area (Å²) in [4.78, 5) is 28.8. The Morgan fingerprint density at radius 2 is 1.95 bits per heavy atom. The normalized spacial score (nSPS) is 14.5. The van der Waals surface area contributed by atoms with Crippen LogP contribution in [0.4, 0.5) is 16.0 Å². The summed E-state index contributed by atoms with van der Waals surface area (Å²) in [6.45, 7) is 4.00. The van der Waals surface area contributed by atoms with Crippen molar-refractivity contribution >= 4 is 34.4 Å². The van der Waals surface area contributed by atoms with Crippen LogP contribution in [-0.4, -0.2) is 79.3 Å². The zero-order chi connectivity index (χ0) is 26.2. The van der Waals surface area contributed by atoms with Crippen molar-refractivity contribution in [2.24, 2.45) is 5.73 Å². The fourth-order valence-corrected chi connectivity index (χ4v) is 4.56. The SMILES string of the molecule is NC(=O)COc1ccc(N2CCN(CCn3cnc4c3nc(N)n3nc(-c5ccco5)nc43)CC2)c(F)c1. The van der Waals surface area contributed by atoms with Crippen LogP contribution >= 0.6 is 0 Å². The number of primary amides is 1. The minimum atomic E-state index is -0.612. The van der Waals surface area contributed by atoms with E-state index in [2.05, 4.69) is 25.0 Å². The van der Waals surface area contributed by atoms with Gasteiger partial charge >= 0.3 is 0 Å². The fourth-order valence-electron chi connectivity index (χ4n) is 4.56. The van der Waals surface area contributed by atoms with E-state index in [0.29, 0.717) is 53.7 Å². The third-order valence-electron chi connectivity index (χ3n) is 6.48. The first-order valence-corrected chi connectivity index (χ1v) is 12.0. The van der Waals surface area contributed by atoms with Crippen molar-refractivity contribution < 1.29 is 18.3 Å². The second-order valence-corrected chi connectivity index (χ2v) is 8.93. The zero-order valence-corrected chi connectivity index (χ0v) is 20.3. The molecule has 14 heteroatoms. The van der Waals surface area contributed by atoms with Gasteiger partial charge in [0.1, 0.15) is 11.6 Å². The largest absolute Gasteiger partial charge is 0.484 e. The lowest BCUT2D eigenvalue weighted by atomic mass is 10.2. The van der Waals surface area contributed by atoms with Gasteiger partial charge in [0, 0.05) is 45.3 Å². The van der Waals surface area contributed by atoms with Gasteiger partial charge in [0.15, 0.2) is 29.2 Å². The van der Waals surface area contributed by atoms with Gasteiger partial charge in [0.25, 0.3) is 5.91 Å². The van der Waals surface area contributed by atoms with Crippen LogP contribution < -0.4 is 21.1 Å². The standard InChI is InChI=1S/C24H25FN10O3/c25-16-12-15(38-13-19(26)36)3-4-17(16)33-8-5-32(6-9-33)7-10-34-14-28-20-22(34)30-24(27)35-23(20)29-21(31-35)18-2-1-11-37-18/h1-4,11-12,14H,5-10,13H2,(H2,26,36)(H2,27,30). The molecule has 4 N–H and O–H groups in total. The van der Waals surface area contributed by atoms with Crippen LogP contribution in [0.15, 0.2) is 47.3 Å². The molecule has 1 aliphatic heterocycles. The van der Waals surface area contributed by atoms with E-state index in [-0.39, 0.29) is 18.3 Å². The Balaban J connectivity index is 1.10. The molecule has 6 rings (SSSR count). The highest BCUT2D eigenvalue weighted by Crippen LogP contribution is 2.26. The summed E-state index contributed by atoms with van der Waals surface area (Å²) in [6, 6.07) is 8.12. The predicted octanol–water partition coefficient (Wildman–Crippen LogP) is 1.14. The molecule has 196 valence electrons. The molecule has 1 saturated heterocycles. The average Bonchev–Trinajstić information content (AvgIpc) is 3.66. The quantitative estimate of drug-likeness (QED) is 0.304. The molecule has 0 unspecified atom stereocenters. The lowest BCUT2D eigenvalue weighted by Gasteiger charge is -2.36. The average molecular weight is 521 g/mol. The number of rotatable bonds is 8. The number of ether oxygens (including phenoxy) is 1. The fraction of sp³-hybridized carbons (Fsp3) is 0.292. The van der Waals surface area contributed by atoms with E-state index < -0.39 is 11.7 Å². The molecular weight excluding hydrogens is 495 g/mol. The first kappa shape index (κ1) is 23.7. The summed E-state index contributed by atoms with van der Waals surface area (Å²) in [7, 11) is 0. The number of anilines is 2. The van der Waals surface area contributed by atoms with E-state index in [1.165, 1.54) is 10.6 Å². The topological polar surface area (TPSA) is 159 Å². The molecule has 0 atom stereocenters. The summed E-state index contributed by atoms with van der Waals surface area (Å²) in [5.74, 6) is 0.413. The van der Waals surface area contributed by atoms with E-state index in [0.717, 1.165) is 19.6 Å². The maximum Gasteiger partial charge on any atom is 0.255 e. The van der Waals surface area contributed by atoms with Crippen molar-refractivity contribution in [2.75, 3.05) is 50.0 Å². The number of nitrogens with two attached hydrogens (primary N) is 2. The summed E-state index contributed by atoms with van der Waals surface area (Å²) in [6.07, 6.45) is 3.29. The van der Waals surface area contributed by atoms with Gasteiger partial charge in [-0.15, -0.1) is 5.10 Å². The van der Waals surface area contributed by atoms with Gasteiger partial charge in [-0.3, -0.25) is 9.69 Å². The number of nitrogens with zero attached hydrogens (tertiary/aromatic N) is 8. The Morgan fingerprint density at radius 3 is 2.68 bits per heavy atom. The number of amides is 1. The highest BCUT2D eigenvalue weighted by molar-refractivity contribution is 5.87. The van der Waals surface area contributed by atoms with Crippen molar-refractivity contribution in [3.05, 3.63) is 48.7 Å². The second kappa shape index (κ2) is 9.63. The van der Waals surface area contributed by atoms with Crippen molar-refractivity contribution in [3.8, 4) is 17.3 Å². The Morgan fingerprint density at radius 1 is 1.11 bits per heavy atom. The molecule has 1 fully saturated rings. The highest BCUT2D eigenvalue weighted by atomic mass is 19.1. The number of piperazine rings is 1. The van der Waals surface area contributed by atoms with Gasteiger partial charge in [-0.25, -0.2) is 14.4 Å². The summed E-state index contributed by atoms with van der Waals surface area (Å²) >= 11 is 0. The molecule has 0 bridgehead atoms. The number of hydrogen-bond acceptors (Lipinski definition) is 10. The smallest absolute Gasteiger partial charge is 0.255 e. The first-order chi connectivity index (χ1) is 18.5. The zero-order valence-electron chi connectivity index (χ0n) is 20.3. The number of fused-ring (bicyclic) bond motifs is 3. The Labute approximate surface area is 215 Å². The van der Waals surface area contributed by atoms with Crippen LogP contribution in [0.3, 0.4) is 0 Å². The van der Waals surface area contributed by atoms with Crippen LogP contribution in [0.1, 0.15) is 0 Å². The predicted molar refractivity (Wildman–Crippen MR) is 136 cm³/mol. The molecule has 1 aliphatic rings. The number of carbonyl (C=O) groups excluding carboxylic acids is 1. The molecule has 0 saturated carbocycles. The molecule has 0 radical (unpaired) electrons. The van der Waals surface area contributed by atoms with Gasteiger partial charge < -0.3 is 30.1 Å². The van der Waals surface area contributed by atoms with Crippen molar-refractivity contribution in [1.82, 2.24) is 34.0 Å². The number of benzene rings is 1. The number of imidazole rings is 1. The summed E-state index contributed by atoms with van der Waals surface area (Å²) in [5, 5.41) is 4.40. The van der Waals surface area contributed by atoms with E-state index >= 15 is 0 Å². The Bertz CT molecular complexity index is 1610. The Kier molecular flexibility index (Phi) is 5.99. The van der Waals surface area contributed by atoms with Gasteiger partial charge in [-0.1, -0.05) is 0 Å². The van der Waals surface area contributed by atoms with Crippen LogP contribution in [0.25, 0.3) is 28.4 Å². The summed E-state index contributed by atoms with van der Waals surface area (Å²) in [5.41, 5.74) is 13.5. The van der Waals surface area contributed by atoms with Crippen LogP contribution in [-0.2, 0) is 11.3 Å². The molecule has 1 aromatic carbocycles. The number of furan rings is 1. The minimum absolute atomic E-state index is 0.209. The monoisotopic (exact) mass is 520 g/mol. The van der Waals surface area contributed by atoms with E-state index in [9.17, 15) is 9.18 Å². The number of carbonyl (C=O) groups is 1. The maximum absolute atomic E-state index is 14.7. The van der Waals surface area contributed by atoms with E-state index in [1.807, 2.05) is 9.47 Å². The van der Waals surface area contributed by atoms with Gasteiger partial charge in [0.05, 0.1) is 18.3 Å². The number of hydrogen-bond donors (Lipinski definition) is 2. The second-order valence-electron chi connectivity index (χ2n) is 8.93.